The number of nitrogens with zero attached hydrogens (tertiary/aromatic N) is 4. The molecular formula is C15H12N4O4. The second-order valence-electron chi connectivity index (χ2n) is 4.59. The Morgan fingerprint density at radius 2 is 2.04 bits per heavy atom. The summed E-state index contributed by atoms with van der Waals surface area (Å²) in [7, 11) is 1.50. The third-order valence-corrected chi connectivity index (χ3v) is 3.21. The summed E-state index contributed by atoms with van der Waals surface area (Å²) in [5.41, 5.74) is 1.22. The lowest BCUT2D eigenvalue weighted by Crippen LogP contribution is -2.02. The molecular weight excluding hydrogens is 300 g/mol. The van der Waals surface area contributed by atoms with Crippen molar-refractivity contribution >= 4 is 5.97 Å². The van der Waals surface area contributed by atoms with Gasteiger partial charge in [-0.15, -0.1) is 0 Å². The van der Waals surface area contributed by atoms with Crippen molar-refractivity contribution in [2.45, 2.75) is 0 Å². The van der Waals surface area contributed by atoms with Crippen LogP contribution < -0.4 is 4.74 Å². The van der Waals surface area contributed by atoms with Gasteiger partial charge in [0, 0.05) is 18.5 Å². The number of carboxylic acid groups (broad SMARTS) is 1. The van der Waals surface area contributed by atoms with Crippen LogP contribution in [-0.4, -0.2) is 43.0 Å². The molecule has 0 saturated carbocycles. The van der Waals surface area contributed by atoms with Crippen LogP contribution in [0.3, 0.4) is 0 Å². The molecule has 0 radical (unpaired) electrons. The van der Waals surface area contributed by atoms with Gasteiger partial charge in [0.15, 0.2) is 5.82 Å². The van der Waals surface area contributed by atoms with Gasteiger partial charge in [0.05, 0.1) is 24.4 Å². The number of hydrogen-bond acceptors (Lipinski definition) is 6. The highest BCUT2D eigenvalue weighted by atomic mass is 16.5. The van der Waals surface area contributed by atoms with Gasteiger partial charge >= 0.3 is 5.97 Å². The third kappa shape index (κ3) is 2.69. The monoisotopic (exact) mass is 312 g/mol. The molecule has 3 rings (SSSR count). The Hall–Kier alpha value is -3.42. The minimum absolute atomic E-state index is 0.0551. The smallest absolute Gasteiger partial charge is 0.337 e. The lowest BCUT2D eigenvalue weighted by molar-refractivity contribution is 0.0696. The summed E-state index contributed by atoms with van der Waals surface area (Å²) >= 11 is 0. The quantitative estimate of drug-likeness (QED) is 0.755. The molecule has 0 bridgehead atoms. The van der Waals surface area contributed by atoms with Crippen LogP contribution in [0.1, 0.15) is 10.4 Å². The van der Waals surface area contributed by atoms with Crippen molar-refractivity contribution in [3.05, 3.63) is 48.4 Å². The fourth-order valence-electron chi connectivity index (χ4n) is 2.04. The average Bonchev–Trinajstić information content (AvgIpc) is 2.96. The number of aromatic nitrogens is 4. The van der Waals surface area contributed by atoms with E-state index in [0.29, 0.717) is 22.8 Å². The van der Waals surface area contributed by atoms with Gasteiger partial charge in [-0.25, -0.2) is 14.8 Å². The predicted octanol–water partition coefficient (Wildman–Crippen LogP) is 1.74. The summed E-state index contributed by atoms with van der Waals surface area (Å²) in [6.45, 7) is 0. The summed E-state index contributed by atoms with van der Waals surface area (Å²) in [6, 6.07) is 6.24. The SMILES string of the molecule is COc1cc(-c2cnn(-c3ccc(C(=O)O)cn3)c2O)ccn1. The first kappa shape index (κ1) is 14.5. The minimum atomic E-state index is -1.07. The Bertz CT molecular complexity index is 858. The zero-order chi connectivity index (χ0) is 16.4. The number of carboxylic acids is 1. The molecule has 8 nitrogen and oxygen atoms in total. The van der Waals surface area contributed by atoms with Gasteiger partial charge < -0.3 is 14.9 Å². The van der Waals surface area contributed by atoms with E-state index in [9.17, 15) is 9.90 Å². The molecule has 0 unspecified atom stereocenters. The maximum Gasteiger partial charge on any atom is 0.337 e. The molecule has 23 heavy (non-hydrogen) atoms. The van der Waals surface area contributed by atoms with E-state index in [0.717, 1.165) is 0 Å². The van der Waals surface area contributed by atoms with E-state index in [1.165, 1.54) is 36.3 Å². The third-order valence-electron chi connectivity index (χ3n) is 3.21. The van der Waals surface area contributed by atoms with Crippen LogP contribution in [0.4, 0.5) is 0 Å². The zero-order valence-corrected chi connectivity index (χ0v) is 12.0. The first-order chi connectivity index (χ1) is 11.1. The number of methoxy groups -OCH3 is 1. The molecule has 0 saturated heterocycles. The summed E-state index contributed by atoms with van der Waals surface area (Å²) in [5, 5.41) is 23.3. The zero-order valence-electron chi connectivity index (χ0n) is 12.0. The number of ether oxygens (including phenoxy) is 1. The second-order valence-corrected chi connectivity index (χ2v) is 4.59. The maximum absolute atomic E-state index is 10.8. The van der Waals surface area contributed by atoms with Gasteiger partial charge in [0.2, 0.25) is 11.8 Å². The first-order valence-electron chi connectivity index (χ1n) is 6.57. The molecule has 8 heteroatoms. The Kier molecular flexibility index (Phi) is 3.63. The first-order valence-corrected chi connectivity index (χ1v) is 6.57. The molecule has 0 aliphatic heterocycles. The molecule has 0 amide bonds. The molecule has 116 valence electrons. The molecule has 3 heterocycles. The topological polar surface area (TPSA) is 110 Å². The number of aromatic hydroxyl groups is 1. The van der Waals surface area contributed by atoms with E-state index < -0.39 is 5.97 Å². The van der Waals surface area contributed by atoms with E-state index in [2.05, 4.69) is 15.1 Å². The largest absolute Gasteiger partial charge is 0.493 e. The Balaban J connectivity index is 2.00. The van der Waals surface area contributed by atoms with E-state index in [1.54, 1.807) is 18.3 Å². The Labute approximate surface area is 130 Å². The van der Waals surface area contributed by atoms with Crippen molar-refractivity contribution in [3.63, 3.8) is 0 Å². The Morgan fingerprint density at radius 3 is 2.70 bits per heavy atom. The fourth-order valence-corrected chi connectivity index (χ4v) is 2.04. The van der Waals surface area contributed by atoms with Gasteiger partial charge in [0.1, 0.15) is 0 Å². The van der Waals surface area contributed by atoms with Crippen molar-refractivity contribution in [1.82, 2.24) is 19.7 Å². The summed E-state index contributed by atoms with van der Waals surface area (Å²) in [4.78, 5) is 18.8. The predicted molar refractivity (Wildman–Crippen MR) is 79.8 cm³/mol. The van der Waals surface area contributed by atoms with Crippen molar-refractivity contribution in [3.8, 4) is 28.7 Å². The van der Waals surface area contributed by atoms with Crippen molar-refractivity contribution in [2.24, 2.45) is 0 Å². The number of aromatic carboxylic acids is 1. The molecule has 2 N–H and O–H groups in total. The van der Waals surface area contributed by atoms with Crippen molar-refractivity contribution in [1.29, 1.82) is 0 Å². The van der Waals surface area contributed by atoms with E-state index in [1.807, 2.05) is 0 Å². The van der Waals surface area contributed by atoms with Crippen LogP contribution in [0.25, 0.3) is 16.9 Å². The van der Waals surface area contributed by atoms with Gasteiger partial charge in [-0.2, -0.15) is 9.78 Å². The highest BCUT2D eigenvalue weighted by Gasteiger charge is 2.15. The summed E-state index contributed by atoms with van der Waals surface area (Å²) in [5.74, 6) is -0.467. The van der Waals surface area contributed by atoms with Crippen LogP contribution in [0.15, 0.2) is 42.9 Å². The lowest BCUT2D eigenvalue weighted by Gasteiger charge is -2.04. The van der Waals surface area contributed by atoms with E-state index in [-0.39, 0.29) is 11.4 Å². The molecule has 0 aliphatic rings. The number of hydrogen-bond donors (Lipinski definition) is 2. The van der Waals surface area contributed by atoms with E-state index in [4.69, 9.17) is 9.84 Å². The molecule has 0 aliphatic carbocycles. The summed E-state index contributed by atoms with van der Waals surface area (Å²) < 4.78 is 6.27. The van der Waals surface area contributed by atoms with Crippen LogP contribution >= 0.6 is 0 Å². The Morgan fingerprint density at radius 1 is 1.22 bits per heavy atom. The van der Waals surface area contributed by atoms with Gasteiger partial charge in [-0.1, -0.05) is 0 Å². The fraction of sp³-hybridized carbons (Fsp3) is 0.0667. The second kappa shape index (κ2) is 5.76. The van der Waals surface area contributed by atoms with Gasteiger partial charge in [-0.3, -0.25) is 0 Å². The number of pyridine rings is 2. The standard InChI is InChI=1S/C15H12N4O4/c1-23-13-6-9(4-5-16-13)11-8-18-19(14(11)20)12-3-2-10(7-17-12)15(21)22/h2-8,20H,1H3,(H,21,22). The van der Waals surface area contributed by atoms with E-state index >= 15 is 0 Å². The summed E-state index contributed by atoms with van der Waals surface area (Å²) in [6.07, 6.45) is 4.25. The van der Waals surface area contributed by atoms with Crippen LogP contribution in [0.2, 0.25) is 0 Å². The molecule has 3 aromatic rings. The molecule has 0 spiro atoms. The molecule has 0 fully saturated rings. The molecule has 0 aromatic carbocycles. The minimum Gasteiger partial charge on any atom is -0.493 e. The maximum atomic E-state index is 10.8. The normalized spacial score (nSPS) is 10.5. The number of carbonyl (C=O) groups is 1. The highest BCUT2D eigenvalue weighted by molar-refractivity contribution is 5.87. The van der Waals surface area contributed by atoms with Crippen LogP contribution in [0.5, 0.6) is 11.8 Å². The molecule has 0 atom stereocenters. The van der Waals surface area contributed by atoms with Crippen molar-refractivity contribution < 1.29 is 19.7 Å². The van der Waals surface area contributed by atoms with Gasteiger partial charge in [0.25, 0.3) is 0 Å². The van der Waals surface area contributed by atoms with Gasteiger partial charge in [-0.05, 0) is 23.8 Å². The molecule has 3 aromatic heterocycles. The van der Waals surface area contributed by atoms with Crippen molar-refractivity contribution in [2.75, 3.05) is 7.11 Å². The van der Waals surface area contributed by atoms with Crippen LogP contribution in [-0.2, 0) is 0 Å². The number of rotatable bonds is 4. The van der Waals surface area contributed by atoms with Crippen LogP contribution in [0, 0.1) is 0 Å². The lowest BCUT2D eigenvalue weighted by atomic mass is 10.1. The average molecular weight is 312 g/mol. The highest BCUT2D eigenvalue weighted by Crippen LogP contribution is 2.31.